The Labute approximate surface area is 366 Å². The molecule has 0 heterocycles. The van der Waals surface area contributed by atoms with Crippen LogP contribution in [0.15, 0.2) is 36.5 Å². The zero-order chi connectivity index (χ0) is 43.1. The Hall–Kier alpha value is -1.92. The number of carbonyl (C=O) groups excluding carboxylic acids is 2. The van der Waals surface area contributed by atoms with E-state index in [1.54, 1.807) is 0 Å². The Morgan fingerprint density at radius 2 is 0.915 bits per heavy atom. The Balaban J connectivity index is 4.59. The maximum Gasteiger partial charge on any atom is 0.306 e. The lowest BCUT2D eigenvalue weighted by atomic mass is 10.0. The predicted molar refractivity (Wildman–Crippen MR) is 255 cm³/mol. The summed E-state index contributed by atoms with van der Waals surface area (Å²) >= 11 is 0. The van der Waals surface area contributed by atoms with E-state index in [1.807, 2.05) is 0 Å². The summed E-state index contributed by atoms with van der Waals surface area (Å²) in [5.74, 6) is -0.486. The molecule has 0 bridgehead atoms. The third-order valence-electron chi connectivity index (χ3n) is 11.7. The molecule has 3 unspecified atom stereocenters. The second kappa shape index (κ2) is 47.1. The van der Waals surface area contributed by atoms with Crippen LogP contribution in [0, 0.1) is 0 Å². The van der Waals surface area contributed by atoms with Gasteiger partial charge in [0.15, 0.2) is 0 Å². The van der Waals surface area contributed by atoms with Crippen LogP contribution in [0.3, 0.4) is 0 Å². The molecule has 0 aliphatic rings. The number of rotatable bonds is 46. The van der Waals surface area contributed by atoms with Crippen LogP contribution in [0.1, 0.15) is 265 Å². The van der Waals surface area contributed by atoms with Crippen molar-refractivity contribution in [2.75, 3.05) is 6.61 Å². The molecule has 0 aliphatic heterocycles. The van der Waals surface area contributed by atoms with Gasteiger partial charge in [0.1, 0.15) is 6.10 Å². The smallest absolute Gasteiger partial charge is 0.306 e. The standard InChI is InChI=1S/C53H99NO5/c1-4-7-10-13-16-19-22-25-28-29-32-35-38-41-44-49(59-53(58)46-43-40-37-34-31-27-24-21-18-15-12-9-6-3)47-52(57)54-50(48-55)51(56)45-42-39-36-33-30-26-23-20-17-14-11-8-5-2/h7,10,16,19,25,28,49-51,55-56H,4-6,8-9,11-15,17-18,20-24,26-27,29-48H2,1-3H3,(H,54,57)/b10-7+,19-16+,28-25+. The van der Waals surface area contributed by atoms with Crippen molar-refractivity contribution in [2.24, 2.45) is 0 Å². The van der Waals surface area contributed by atoms with Crippen molar-refractivity contribution >= 4 is 11.9 Å². The van der Waals surface area contributed by atoms with Gasteiger partial charge in [0.05, 0.1) is 25.2 Å². The van der Waals surface area contributed by atoms with E-state index in [2.05, 4.69) is 62.5 Å². The minimum Gasteiger partial charge on any atom is -0.462 e. The molecule has 0 saturated heterocycles. The van der Waals surface area contributed by atoms with Crippen LogP contribution in [-0.2, 0) is 14.3 Å². The van der Waals surface area contributed by atoms with Gasteiger partial charge < -0.3 is 20.3 Å². The average molecular weight is 830 g/mol. The van der Waals surface area contributed by atoms with Crippen molar-refractivity contribution in [3.63, 3.8) is 0 Å². The van der Waals surface area contributed by atoms with Crippen molar-refractivity contribution in [1.29, 1.82) is 0 Å². The van der Waals surface area contributed by atoms with Gasteiger partial charge >= 0.3 is 5.97 Å². The molecule has 0 rings (SSSR count). The lowest BCUT2D eigenvalue weighted by Gasteiger charge is -2.24. The number of carbonyl (C=O) groups is 2. The molecule has 0 spiro atoms. The highest BCUT2D eigenvalue weighted by Crippen LogP contribution is 2.18. The van der Waals surface area contributed by atoms with E-state index in [9.17, 15) is 19.8 Å². The molecule has 0 aromatic heterocycles. The minimum atomic E-state index is -0.791. The van der Waals surface area contributed by atoms with Crippen molar-refractivity contribution < 1.29 is 24.5 Å². The van der Waals surface area contributed by atoms with Crippen LogP contribution in [0.25, 0.3) is 0 Å². The molecule has 59 heavy (non-hydrogen) atoms. The molecule has 0 radical (unpaired) electrons. The monoisotopic (exact) mass is 830 g/mol. The number of aliphatic hydroxyl groups is 2. The number of aliphatic hydroxyl groups excluding tert-OH is 2. The Kier molecular flexibility index (Phi) is 45.6. The number of unbranched alkanes of at least 4 members (excludes halogenated alkanes) is 28. The van der Waals surface area contributed by atoms with Crippen molar-refractivity contribution in [1.82, 2.24) is 5.32 Å². The first-order chi connectivity index (χ1) is 29.0. The normalized spacial score (nSPS) is 13.5. The Morgan fingerprint density at radius 1 is 0.508 bits per heavy atom. The highest BCUT2D eigenvalue weighted by atomic mass is 16.5. The van der Waals surface area contributed by atoms with Gasteiger partial charge in [-0.2, -0.15) is 0 Å². The van der Waals surface area contributed by atoms with Crippen LogP contribution in [0.4, 0.5) is 0 Å². The molecule has 3 atom stereocenters. The Morgan fingerprint density at radius 3 is 1.39 bits per heavy atom. The summed E-state index contributed by atoms with van der Waals surface area (Å²) in [6, 6.07) is -0.705. The van der Waals surface area contributed by atoms with Crippen LogP contribution >= 0.6 is 0 Å². The first-order valence-corrected chi connectivity index (χ1v) is 25.7. The second-order valence-corrected chi connectivity index (χ2v) is 17.5. The lowest BCUT2D eigenvalue weighted by Crippen LogP contribution is -2.46. The van der Waals surface area contributed by atoms with Crippen molar-refractivity contribution in [2.45, 2.75) is 283 Å². The van der Waals surface area contributed by atoms with Crippen LogP contribution < -0.4 is 5.32 Å². The molecular formula is C53H99NO5. The minimum absolute atomic E-state index is 0.0663. The van der Waals surface area contributed by atoms with E-state index in [0.29, 0.717) is 19.3 Å². The van der Waals surface area contributed by atoms with Gasteiger partial charge in [-0.3, -0.25) is 9.59 Å². The molecule has 3 N–H and O–H groups in total. The van der Waals surface area contributed by atoms with Gasteiger partial charge in [-0.05, 0) is 57.8 Å². The van der Waals surface area contributed by atoms with Crippen LogP contribution in [-0.4, -0.2) is 46.9 Å². The highest BCUT2D eigenvalue weighted by Gasteiger charge is 2.24. The summed E-state index contributed by atoms with van der Waals surface area (Å²) in [4.78, 5) is 26.1. The summed E-state index contributed by atoms with van der Waals surface area (Å²) in [6.07, 6.45) is 54.9. The van der Waals surface area contributed by atoms with Gasteiger partial charge in [0.25, 0.3) is 0 Å². The molecule has 1 amide bonds. The third-order valence-corrected chi connectivity index (χ3v) is 11.7. The number of ether oxygens (including phenoxy) is 1. The molecular weight excluding hydrogens is 731 g/mol. The summed E-state index contributed by atoms with van der Waals surface area (Å²) < 4.78 is 5.92. The van der Waals surface area contributed by atoms with E-state index in [4.69, 9.17) is 4.74 Å². The van der Waals surface area contributed by atoms with Crippen LogP contribution in [0.2, 0.25) is 0 Å². The second-order valence-electron chi connectivity index (χ2n) is 17.5. The predicted octanol–water partition coefficient (Wildman–Crippen LogP) is 15.3. The zero-order valence-electron chi connectivity index (χ0n) is 39.4. The van der Waals surface area contributed by atoms with Gasteiger partial charge in [-0.25, -0.2) is 0 Å². The first-order valence-electron chi connectivity index (χ1n) is 25.7. The third kappa shape index (κ3) is 42.6. The summed E-state index contributed by atoms with van der Waals surface area (Å²) in [5.41, 5.74) is 0. The fraction of sp³-hybridized carbons (Fsp3) is 0.849. The van der Waals surface area contributed by atoms with Crippen molar-refractivity contribution in [3.8, 4) is 0 Å². The van der Waals surface area contributed by atoms with Gasteiger partial charge in [-0.1, -0.05) is 231 Å². The number of hydrogen-bond acceptors (Lipinski definition) is 5. The van der Waals surface area contributed by atoms with E-state index in [-0.39, 0.29) is 24.9 Å². The molecule has 0 aromatic rings. The topological polar surface area (TPSA) is 95.9 Å². The van der Waals surface area contributed by atoms with E-state index in [0.717, 1.165) is 89.9 Å². The molecule has 0 aromatic carbocycles. The number of allylic oxidation sites excluding steroid dienone is 6. The fourth-order valence-electron chi connectivity index (χ4n) is 7.86. The Bertz CT molecular complexity index is 977. The van der Waals surface area contributed by atoms with E-state index < -0.39 is 18.2 Å². The average Bonchev–Trinajstić information content (AvgIpc) is 3.23. The quantitative estimate of drug-likeness (QED) is 0.0323. The maximum atomic E-state index is 13.2. The summed E-state index contributed by atoms with van der Waals surface area (Å²) in [7, 11) is 0. The number of hydrogen-bond donors (Lipinski definition) is 3. The largest absolute Gasteiger partial charge is 0.462 e. The highest BCUT2D eigenvalue weighted by molar-refractivity contribution is 5.77. The zero-order valence-corrected chi connectivity index (χ0v) is 39.4. The van der Waals surface area contributed by atoms with Gasteiger partial charge in [0, 0.05) is 6.42 Å². The molecule has 346 valence electrons. The van der Waals surface area contributed by atoms with Gasteiger partial charge in [-0.15, -0.1) is 0 Å². The molecule has 0 saturated carbocycles. The molecule has 6 heteroatoms. The fourth-order valence-corrected chi connectivity index (χ4v) is 7.86. The lowest BCUT2D eigenvalue weighted by molar-refractivity contribution is -0.151. The molecule has 0 fully saturated rings. The summed E-state index contributed by atoms with van der Waals surface area (Å²) in [5, 5.41) is 23.8. The first kappa shape index (κ1) is 57.1. The van der Waals surface area contributed by atoms with E-state index in [1.165, 1.54) is 128 Å². The maximum absolute atomic E-state index is 13.2. The SMILES string of the molecule is CC/C=C/C/C=C/C/C=C/CCCCCCC(CC(=O)NC(CO)C(O)CCCCCCCCCCCCCCC)OC(=O)CCCCCCCCCCCCCCC. The number of nitrogens with one attached hydrogen (secondary N) is 1. The van der Waals surface area contributed by atoms with Crippen molar-refractivity contribution in [3.05, 3.63) is 36.5 Å². The van der Waals surface area contributed by atoms with Crippen LogP contribution in [0.5, 0.6) is 0 Å². The number of amides is 1. The number of esters is 1. The summed E-state index contributed by atoms with van der Waals surface area (Å²) in [6.45, 7) is 6.37. The van der Waals surface area contributed by atoms with E-state index >= 15 is 0 Å². The molecule has 6 nitrogen and oxygen atoms in total. The van der Waals surface area contributed by atoms with Gasteiger partial charge in [0.2, 0.25) is 5.91 Å². The molecule has 0 aliphatic carbocycles.